The lowest BCUT2D eigenvalue weighted by atomic mass is 10.1. The fourth-order valence-corrected chi connectivity index (χ4v) is 2.00. The van der Waals surface area contributed by atoms with Gasteiger partial charge in [0.05, 0.1) is 18.4 Å². The molecule has 0 aliphatic heterocycles. The molecule has 2 amide bonds. The zero-order chi connectivity index (χ0) is 19.8. The third-order valence-corrected chi connectivity index (χ3v) is 3.23. The predicted octanol–water partition coefficient (Wildman–Crippen LogP) is 2.01. The number of carboxylic acid groups (broad SMARTS) is 1. The summed E-state index contributed by atoms with van der Waals surface area (Å²) in [4.78, 5) is 34.6. The van der Waals surface area contributed by atoms with Crippen molar-refractivity contribution in [3.63, 3.8) is 0 Å². The summed E-state index contributed by atoms with van der Waals surface area (Å²) < 4.78 is 18.2. The van der Waals surface area contributed by atoms with Gasteiger partial charge in [-0.3, -0.25) is 9.59 Å². The number of nitrogens with zero attached hydrogens (tertiary/aromatic N) is 1. The minimum Gasteiger partial charge on any atom is -0.493 e. The maximum Gasteiger partial charge on any atom is 0.335 e. The Morgan fingerprint density at radius 3 is 2.48 bits per heavy atom. The van der Waals surface area contributed by atoms with Crippen molar-refractivity contribution in [2.24, 2.45) is 5.10 Å². The van der Waals surface area contributed by atoms with E-state index in [9.17, 15) is 18.8 Å². The first-order chi connectivity index (χ1) is 12.9. The van der Waals surface area contributed by atoms with E-state index < -0.39 is 23.6 Å². The minimum atomic E-state index is -1.13. The maximum absolute atomic E-state index is 12.8. The molecule has 0 spiro atoms. The first-order valence-corrected chi connectivity index (χ1v) is 7.80. The number of amides is 2. The van der Waals surface area contributed by atoms with E-state index in [2.05, 4.69) is 10.4 Å². The third-order valence-electron chi connectivity index (χ3n) is 3.23. The molecule has 2 rings (SSSR count). The van der Waals surface area contributed by atoms with Crippen molar-refractivity contribution in [2.45, 2.75) is 6.92 Å². The average molecular weight is 373 g/mol. The highest BCUT2D eigenvalue weighted by atomic mass is 19.1. The van der Waals surface area contributed by atoms with E-state index in [1.165, 1.54) is 36.5 Å². The van der Waals surface area contributed by atoms with E-state index >= 15 is 0 Å². The molecule has 2 aromatic rings. The molecule has 0 aliphatic carbocycles. The van der Waals surface area contributed by atoms with Crippen LogP contribution in [0.2, 0.25) is 0 Å². The molecule has 0 unspecified atom stereocenters. The predicted molar refractivity (Wildman–Crippen MR) is 95.3 cm³/mol. The van der Waals surface area contributed by atoms with E-state index in [4.69, 9.17) is 9.84 Å². The molecule has 0 saturated heterocycles. The van der Waals surface area contributed by atoms with Crippen molar-refractivity contribution < 1.29 is 28.6 Å². The summed E-state index contributed by atoms with van der Waals surface area (Å²) in [6.45, 7) is 2.10. The second-order valence-corrected chi connectivity index (χ2v) is 5.15. The number of hydrazone groups is 1. The molecule has 2 aromatic carbocycles. The van der Waals surface area contributed by atoms with Crippen LogP contribution in [0, 0.1) is 5.82 Å². The van der Waals surface area contributed by atoms with Crippen LogP contribution >= 0.6 is 0 Å². The van der Waals surface area contributed by atoms with Gasteiger partial charge in [0.25, 0.3) is 0 Å². The fraction of sp³-hybridized carbons (Fsp3) is 0.111. The summed E-state index contributed by atoms with van der Waals surface area (Å²) in [7, 11) is 0. The Morgan fingerprint density at radius 1 is 1.15 bits per heavy atom. The van der Waals surface area contributed by atoms with E-state index in [-0.39, 0.29) is 11.3 Å². The Morgan fingerprint density at radius 2 is 1.85 bits per heavy atom. The van der Waals surface area contributed by atoms with Crippen LogP contribution in [0.5, 0.6) is 5.75 Å². The van der Waals surface area contributed by atoms with E-state index in [0.29, 0.717) is 17.9 Å². The van der Waals surface area contributed by atoms with Crippen molar-refractivity contribution in [1.82, 2.24) is 5.43 Å². The van der Waals surface area contributed by atoms with Gasteiger partial charge in [0.1, 0.15) is 11.6 Å². The van der Waals surface area contributed by atoms with Crippen molar-refractivity contribution in [3.8, 4) is 5.75 Å². The summed E-state index contributed by atoms with van der Waals surface area (Å²) in [6, 6.07) is 9.04. The number of rotatable bonds is 6. The first kappa shape index (κ1) is 19.6. The Balaban J connectivity index is 2.03. The fourth-order valence-electron chi connectivity index (χ4n) is 2.00. The zero-order valence-electron chi connectivity index (χ0n) is 14.2. The molecule has 0 fully saturated rings. The third kappa shape index (κ3) is 5.63. The number of ether oxygens (including phenoxy) is 1. The number of carbonyl (C=O) groups is 3. The summed E-state index contributed by atoms with van der Waals surface area (Å²) in [6.07, 6.45) is 1.17. The molecule has 8 nitrogen and oxygen atoms in total. The summed E-state index contributed by atoms with van der Waals surface area (Å²) >= 11 is 0. The SMILES string of the molecule is CCOc1ccc(C(=O)O)cc1/C=N\NC(=O)C(=O)Nc1ccc(F)cc1. The molecule has 27 heavy (non-hydrogen) atoms. The Bertz CT molecular complexity index is 881. The molecule has 0 aliphatic rings. The molecule has 3 N–H and O–H groups in total. The smallest absolute Gasteiger partial charge is 0.335 e. The van der Waals surface area contributed by atoms with Crippen LogP contribution in [0.3, 0.4) is 0 Å². The molecule has 140 valence electrons. The number of hydrogen-bond donors (Lipinski definition) is 3. The lowest BCUT2D eigenvalue weighted by Crippen LogP contribution is -2.32. The van der Waals surface area contributed by atoms with Gasteiger partial charge in [0, 0.05) is 11.3 Å². The highest BCUT2D eigenvalue weighted by Crippen LogP contribution is 2.18. The number of anilines is 1. The van der Waals surface area contributed by atoms with E-state index in [1.807, 2.05) is 5.43 Å². The van der Waals surface area contributed by atoms with Crippen LogP contribution in [0.15, 0.2) is 47.6 Å². The van der Waals surface area contributed by atoms with Crippen molar-refractivity contribution >= 4 is 29.7 Å². The van der Waals surface area contributed by atoms with Gasteiger partial charge in [-0.2, -0.15) is 5.10 Å². The second-order valence-electron chi connectivity index (χ2n) is 5.15. The summed E-state index contributed by atoms with van der Waals surface area (Å²) in [5.41, 5.74) is 2.60. The zero-order valence-corrected chi connectivity index (χ0v) is 14.2. The number of halogens is 1. The lowest BCUT2D eigenvalue weighted by Gasteiger charge is -2.07. The van der Waals surface area contributed by atoms with Gasteiger partial charge in [-0.05, 0) is 49.4 Å². The van der Waals surface area contributed by atoms with Crippen molar-refractivity contribution in [2.75, 3.05) is 11.9 Å². The monoisotopic (exact) mass is 373 g/mol. The normalized spacial score (nSPS) is 10.4. The molecule has 9 heteroatoms. The average Bonchev–Trinajstić information content (AvgIpc) is 2.64. The molecular formula is C18H16FN3O5. The molecule has 0 saturated carbocycles. The van der Waals surface area contributed by atoms with Gasteiger partial charge < -0.3 is 15.2 Å². The summed E-state index contributed by atoms with van der Waals surface area (Å²) in [5, 5.41) is 15.0. The quantitative estimate of drug-likeness (QED) is 0.407. The number of nitrogens with one attached hydrogen (secondary N) is 2. The largest absolute Gasteiger partial charge is 0.493 e. The van der Waals surface area contributed by atoms with Gasteiger partial charge in [-0.15, -0.1) is 0 Å². The number of carboxylic acids is 1. The topological polar surface area (TPSA) is 117 Å². The molecule has 0 radical (unpaired) electrons. The van der Waals surface area contributed by atoms with Crippen LogP contribution in [-0.2, 0) is 9.59 Å². The first-order valence-electron chi connectivity index (χ1n) is 7.80. The number of carbonyl (C=O) groups excluding carboxylic acids is 2. The summed E-state index contributed by atoms with van der Waals surface area (Å²) in [5.74, 6) is -3.28. The molecule has 0 heterocycles. The van der Waals surface area contributed by atoms with Gasteiger partial charge in [-0.25, -0.2) is 14.6 Å². The van der Waals surface area contributed by atoms with E-state index in [1.54, 1.807) is 6.92 Å². The van der Waals surface area contributed by atoms with Gasteiger partial charge in [-0.1, -0.05) is 0 Å². The van der Waals surface area contributed by atoms with Crippen LogP contribution in [0.1, 0.15) is 22.8 Å². The van der Waals surface area contributed by atoms with Gasteiger partial charge in [0.15, 0.2) is 0 Å². The minimum absolute atomic E-state index is 0.0142. The molecular weight excluding hydrogens is 357 g/mol. The maximum atomic E-state index is 12.8. The highest BCUT2D eigenvalue weighted by Gasteiger charge is 2.13. The van der Waals surface area contributed by atoms with Crippen LogP contribution in [0.25, 0.3) is 0 Å². The highest BCUT2D eigenvalue weighted by molar-refractivity contribution is 6.39. The number of benzene rings is 2. The van der Waals surface area contributed by atoms with Crippen molar-refractivity contribution in [3.05, 3.63) is 59.4 Å². The second kappa shape index (κ2) is 9.09. The molecule has 0 bridgehead atoms. The lowest BCUT2D eigenvalue weighted by molar-refractivity contribution is -0.136. The number of hydrogen-bond acceptors (Lipinski definition) is 5. The van der Waals surface area contributed by atoms with Gasteiger partial charge >= 0.3 is 17.8 Å². The van der Waals surface area contributed by atoms with E-state index in [0.717, 1.165) is 12.1 Å². The molecule has 0 aromatic heterocycles. The van der Waals surface area contributed by atoms with Gasteiger partial charge in [0.2, 0.25) is 0 Å². The Labute approximate surface area is 153 Å². The molecule has 0 atom stereocenters. The van der Waals surface area contributed by atoms with Crippen LogP contribution in [0.4, 0.5) is 10.1 Å². The Kier molecular flexibility index (Phi) is 6.59. The van der Waals surface area contributed by atoms with Crippen LogP contribution in [-0.4, -0.2) is 35.7 Å². The van der Waals surface area contributed by atoms with Crippen molar-refractivity contribution in [1.29, 1.82) is 0 Å². The number of aromatic carboxylic acids is 1. The Hall–Kier alpha value is -3.75. The van der Waals surface area contributed by atoms with Crippen LogP contribution < -0.4 is 15.5 Å². The standard InChI is InChI=1S/C18H16FN3O5/c1-2-27-15-8-3-11(18(25)26)9-12(15)10-20-22-17(24)16(23)21-14-6-4-13(19)5-7-14/h3-10H,2H2,1H3,(H,21,23)(H,22,24)(H,25,26)/b20-10-.